The molecule has 2 N–H and O–H groups in total. The van der Waals surface area contributed by atoms with Crippen LogP contribution in [0.1, 0.15) is 39.1 Å². The van der Waals surface area contributed by atoms with E-state index in [0.717, 1.165) is 16.6 Å². The van der Waals surface area contributed by atoms with Crippen molar-refractivity contribution in [1.82, 2.24) is 15.3 Å². The number of carbonyl (C=O) groups excluding carboxylic acids is 1. The first-order valence-electron chi connectivity index (χ1n) is 6.75. The van der Waals surface area contributed by atoms with Gasteiger partial charge in [-0.1, -0.05) is 5.92 Å². The van der Waals surface area contributed by atoms with Crippen LogP contribution in [-0.2, 0) is 11.3 Å². The predicted molar refractivity (Wildman–Crippen MR) is 81.7 cm³/mol. The third kappa shape index (κ3) is 4.25. The van der Waals surface area contributed by atoms with Crippen molar-refractivity contribution in [3.8, 4) is 11.8 Å². The smallest absolute Gasteiger partial charge is 0.408 e. The molecular formula is C16H19N3O2. The van der Waals surface area contributed by atoms with Crippen molar-refractivity contribution in [2.45, 2.75) is 39.8 Å². The highest BCUT2D eigenvalue weighted by atomic mass is 16.6. The van der Waals surface area contributed by atoms with Gasteiger partial charge in [0.25, 0.3) is 0 Å². The summed E-state index contributed by atoms with van der Waals surface area (Å²) in [6.07, 6.45) is -0.458. The minimum atomic E-state index is -0.508. The number of imidazole rings is 1. The van der Waals surface area contributed by atoms with E-state index < -0.39 is 11.7 Å². The molecule has 5 heteroatoms. The molecule has 0 aliphatic heterocycles. The van der Waals surface area contributed by atoms with E-state index >= 15 is 0 Å². The van der Waals surface area contributed by atoms with Crippen LogP contribution >= 0.6 is 0 Å². The number of nitrogens with zero attached hydrogens (tertiary/aromatic N) is 1. The molecule has 2 rings (SSSR count). The zero-order chi connectivity index (χ0) is 15.5. The van der Waals surface area contributed by atoms with Gasteiger partial charge < -0.3 is 15.0 Å². The van der Waals surface area contributed by atoms with E-state index in [1.165, 1.54) is 0 Å². The number of hydrogen-bond donors (Lipinski definition) is 2. The fourth-order valence-electron chi connectivity index (χ4n) is 1.84. The monoisotopic (exact) mass is 285 g/mol. The number of fused-ring (bicyclic) bond motifs is 1. The van der Waals surface area contributed by atoms with Crippen LogP contribution in [-0.4, -0.2) is 21.7 Å². The zero-order valence-corrected chi connectivity index (χ0v) is 12.7. The number of rotatable bonds is 2. The Kier molecular flexibility index (Phi) is 4.18. The normalized spacial score (nSPS) is 10.9. The zero-order valence-electron chi connectivity index (χ0n) is 12.7. The van der Waals surface area contributed by atoms with Crippen molar-refractivity contribution in [1.29, 1.82) is 0 Å². The molecule has 0 aliphatic rings. The summed E-state index contributed by atoms with van der Waals surface area (Å²) >= 11 is 0. The predicted octanol–water partition coefficient (Wildman–Crippen LogP) is 2.96. The lowest BCUT2D eigenvalue weighted by atomic mass is 10.2. The molecule has 0 unspecified atom stereocenters. The molecular weight excluding hydrogens is 266 g/mol. The SMILES string of the molecule is CC#Cc1ccc2nc(CNC(=O)OC(C)(C)C)[nH]c2c1. The molecule has 0 atom stereocenters. The summed E-state index contributed by atoms with van der Waals surface area (Å²) in [5.74, 6) is 6.54. The van der Waals surface area contributed by atoms with Gasteiger partial charge in [-0.05, 0) is 45.9 Å². The fourth-order valence-corrected chi connectivity index (χ4v) is 1.84. The van der Waals surface area contributed by atoms with Crippen LogP contribution in [0, 0.1) is 11.8 Å². The number of aromatic amines is 1. The number of hydrogen-bond acceptors (Lipinski definition) is 3. The third-order valence-electron chi connectivity index (χ3n) is 2.60. The fraction of sp³-hybridized carbons (Fsp3) is 0.375. The number of nitrogens with one attached hydrogen (secondary N) is 2. The van der Waals surface area contributed by atoms with Gasteiger partial charge in [0, 0.05) is 5.56 Å². The van der Waals surface area contributed by atoms with Crippen molar-refractivity contribution in [3.05, 3.63) is 29.6 Å². The van der Waals surface area contributed by atoms with Gasteiger partial charge in [-0.3, -0.25) is 0 Å². The summed E-state index contributed by atoms with van der Waals surface area (Å²) in [4.78, 5) is 19.2. The molecule has 21 heavy (non-hydrogen) atoms. The van der Waals surface area contributed by atoms with Gasteiger partial charge in [0.15, 0.2) is 0 Å². The topological polar surface area (TPSA) is 67.0 Å². The molecule has 5 nitrogen and oxygen atoms in total. The molecule has 1 aromatic carbocycles. The number of alkyl carbamates (subject to hydrolysis) is 1. The Balaban J connectivity index is 2.05. The number of carbonyl (C=O) groups is 1. The summed E-state index contributed by atoms with van der Waals surface area (Å²) in [6.45, 7) is 7.56. The first kappa shape index (κ1) is 14.9. The van der Waals surface area contributed by atoms with E-state index in [9.17, 15) is 4.79 Å². The highest BCUT2D eigenvalue weighted by molar-refractivity contribution is 5.77. The molecule has 1 aromatic heterocycles. The molecule has 0 bridgehead atoms. The first-order valence-corrected chi connectivity index (χ1v) is 6.75. The molecule has 1 heterocycles. The Morgan fingerprint density at radius 1 is 1.43 bits per heavy atom. The van der Waals surface area contributed by atoms with E-state index in [1.54, 1.807) is 6.92 Å². The summed E-state index contributed by atoms with van der Waals surface area (Å²) in [5.41, 5.74) is 2.17. The van der Waals surface area contributed by atoms with E-state index in [0.29, 0.717) is 12.4 Å². The molecule has 2 aromatic rings. The first-order chi connectivity index (χ1) is 9.87. The standard InChI is InChI=1S/C16H19N3O2/c1-5-6-11-7-8-12-13(9-11)19-14(18-12)10-17-15(20)21-16(2,3)4/h7-9H,10H2,1-4H3,(H,17,20)(H,18,19). The molecule has 0 saturated carbocycles. The van der Waals surface area contributed by atoms with E-state index in [-0.39, 0.29) is 0 Å². The minimum absolute atomic E-state index is 0.290. The maximum Gasteiger partial charge on any atom is 0.408 e. The third-order valence-corrected chi connectivity index (χ3v) is 2.60. The lowest BCUT2D eigenvalue weighted by Crippen LogP contribution is -2.32. The Hall–Kier alpha value is -2.48. The van der Waals surface area contributed by atoms with Crippen molar-refractivity contribution in [3.63, 3.8) is 0 Å². The molecule has 0 aliphatic carbocycles. The summed E-state index contributed by atoms with van der Waals surface area (Å²) in [6, 6.07) is 5.77. The molecule has 0 fully saturated rings. The van der Waals surface area contributed by atoms with Crippen LogP contribution in [0.15, 0.2) is 18.2 Å². The minimum Gasteiger partial charge on any atom is -0.444 e. The molecule has 0 radical (unpaired) electrons. The molecule has 1 amide bonds. The lowest BCUT2D eigenvalue weighted by molar-refractivity contribution is 0.0522. The second-order valence-corrected chi connectivity index (χ2v) is 5.65. The Morgan fingerprint density at radius 3 is 2.86 bits per heavy atom. The summed E-state index contributed by atoms with van der Waals surface area (Å²) < 4.78 is 5.17. The second-order valence-electron chi connectivity index (χ2n) is 5.65. The summed E-state index contributed by atoms with van der Waals surface area (Å²) in [5, 5.41) is 2.67. The van der Waals surface area contributed by atoms with Crippen molar-refractivity contribution in [2.24, 2.45) is 0 Å². The van der Waals surface area contributed by atoms with Crippen molar-refractivity contribution >= 4 is 17.1 Å². The van der Waals surface area contributed by atoms with Gasteiger partial charge >= 0.3 is 6.09 Å². The van der Waals surface area contributed by atoms with E-state index in [2.05, 4.69) is 27.1 Å². The largest absolute Gasteiger partial charge is 0.444 e. The van der Waals surface area contributed by atoms with E-state index in [4.69, 9.17) is 4.74 Å². The van der Waals surface area contributed by atoms with Crippen LogP contribution in [0.4, 0.5) is 4.79 Å². The van der Waals surface area contributed by atoms with Gasteiger partial charge in [-0.2, -0.15) is 0 Å². The van der Waals surface area contributed by atoms with Crippen LogP contribution in [0.2, 0.25) is 0 Å². The highest BCUT2D eigenvalue weighted by Gasteiger charge is 2.16. The van der Waals surface area contributed by atoms with Gasteiger partial charge in [0.2, 0.25) is 0 Å². The molecule has 0 spiro atoms. The maximum atomic E-state index is 11.6. The van der Waals surface area contributed by atoms with Crippen LogP contribution in [0.25, 0.3) is 11.0 Å². The second kappa shape index (κ2) is 5.88. The van der Waals surface area contributed by atoms with Crippen LogP contribution in [0.3, 0.4) is 0 Å². The van der Waals surface area contributed by atoms with Crippen LogP contribution in [0.5, 0.6) is 0 Å². The number of amides is 1. The number of benzene rings is 1. The average molecular weight is 285 g/mol. The van der Waals surface area contributed by atoms with Crippen LogP contribution < -0.4 is 5.32 Å². The van der Waals surface area contributed by atoms with Gasteiger partial charge in [0.05, 0.1) is 17.6 Å². The number of H-pyrrole nitrogens is 1. The Labute approximate surface area is 124 Å². The van der Waals surface area contributed by atoms with Crippen molar-refractivity contribution < 1.29 is 9.53 Å². The molecule has 110 valence electrons. The number of ether oxygens (including phenoxy) is 1. The van der Waals surface area contributed by atoms with Crippen molar-refractivity contribution in [2.75, 3.05) is 0 Å². The number of aromatic nitrogens is 2. The van der Waals surface area contributed by atoms with Gasteiger partial charge in [-0.15, -0.1) is 5.92 Å². The summed E-state index contributed by atoms with van der Waals surface area (Å²) in [7, 11) is 0. The average Bonchev–Trinajstić information content (AvgIpc) is 2.77. The lowest BCUT2D eigenvalue weighted by Gasteiger charge is -2.19. The van der Waals surface area contributed by atoms with E-state index in [1.807, 2.05) is 39.0 Å². The van der Waals surface area contributed by atoms with Gasteiger partial charge in [0.1, 0.15) is 11.4 Å². The van der Waals surface area contributed by atoms with Gasteiger partial charge in [-0.25, -0.2) is 9.78 Å². The highest BCUT2D eigenvalue weighted by Crippen LogP contribution is 2.13. The Morgan fingerprint density at radius 2 is 2.19 bits per heavy atom. The Bertz CT molecular complexity index is 714. The molecule has 0 saturated heterocycles. The quantitative estimate of drug-likeness (QED) is 0.834. The maximum absolute atomic E-state index is 11.6.